The Hall–Kier alpha value is -3.05. The number of rotatable bonds is 7. The first kappa shape index (κ1) is 19.3. The van der Waals surface area contributed by atoms with Gasteiger partial charge in [0.15, 0.2) is 18.1 Å². The van der Waals surface area contributed by atoms with Crippen LogP contribution in [0.3, 0.4) is 0 Å². The highest BCUT2D eigenvalue weighted by Crippen LogP contribution is 2.09. The van der Waals surface area contributed by atoms with Crippen molar-refractivity contribution < 1.29 is 22.7 Å². The molecule has 0 fully saturated rings. The number of aromatic nitrogens is 2. The molecule has 1 aromatic heterocycles. The van der Waals surface area contributed by atoms with Gasteiger partial charge in [-0.3, -0.25) is 4.79 Å². The van der Waals surface area contributed by atoms with Gasteiger partial charge in [-0.2, -0.15) is 0 Å². The molecule has 1 heterocycles. The predicted octanol–water partition coefficient (Wildman–Crippen LogP) is -0.778. The maximum Gasteiger partial charge on any atom is 0.361 e. The fourth-order valence-corrected chi connectivity index (χ4v) is 2.46. The number of hydrogen-bond donors (Lipinski definition) is 3. The topological polar surface area (TPSA) is 167 Å². The number of amides is 1. The highest BCUT2D eigenvalue weighted by atomic mass is 32.2. The van der Waals surface area contributed by atoms with Crippen molar-refractivity contribution in [2.75, 3.05) is 18.9 Å². The van der Waals surface area contributed by atoms with E-state index < -0.39 is 28.5 Å². The summed E-state index contributed by atoms with van der Waals surface area (Å²) in [6.07, 6.45) is 3.07. The summed E-state index contributed by atoms with van der Waals surface area (Å²) in [5, 5.41) is 7.58. The van der Waals surface area contributed by atoms with Gasteiger partial charge >= 0.3 is 5.97 Å². The molecule has 138 valence electrons. The number of hydrogen-bond acceptors (Lipinski definition) is 8. The van der Waals surface area contributed by atoms with Crippen LogP contribution < -0.4 is 16.2 Å². The third kappa shape index (κ3) is 5.50. The number of sulfonamides is 1. The first-order valence-electron chi connectivity index (χ1n) is 7.39. The second kappa shape index (κ2) is 8.36. The van der Waals surface area contributed by atoms with Crippen LogP contribution in [0.1, 0.15) is 16.1 Å². The van der Waals surface area contributed by atoms with Crippen LogP contribution >= 0.6 is 0 Å². The fourth-order valence-electron chi connectivity index (χ4n) is 1.95. The summed E-state index contributed by atoms with van der Waals surface area (Å²) in [4.78, 5) is 30.9. The van der Waals surface area contributed by atoms with Gasteiger partial charge in [-0.25, -0.2) is 28.3 Å². The van der Waals surface area contributed by atoms with Crippen molar-refractivity contribution in [1.29, 1.82) is 0 Å². The van der Waals surface area contributed by atoms with E-state index in [4.69, 9.17) is 15.6 Å². The normalized spacial score (nSPS) is 11.0. The van der Waals surface area contributed by atoms with Crippen molar-refractivity contribution in [2.24, 2.45) is 5.14 Å². The fraction of sp³-hybridized carbons (Fsp3) is 0.200. The number of benzene rings is 1. The zero-order chi connectivity index (χ0) is 19.2. The number of carbonyl (C=O) groups is 2. The van der Waals surface area contributed by atoms with Crippen molar-refractivity contribution in [3.8, 4) is 0 Å². The lowest BCUT2D eigenvalue weighted by atomic mass is 10.1. The molecule has 0 radical (unpaired) electrons. The van der Waals surface area contributed by atoms with Gasteiger partial charge in [0, 0.05) is 18.9 Å². The number of nitrogens with zero attached hydrogens (tertiary/aromatic N) is 2. The second-order valence-corrected chi connectivity index (χ2v) is 6.72. The van der Waals surface area contributed by atoms with Gasteiger partial charge in [0.25, 0.3) is 5.91 Å². The minimum absolute atomic E-state index is 0.0143. The molecular formula is C15H17N5O5S. The zero-order valence-corrected chi connectivity index (χ0v) is 14.4. The first-order chi connectivity index (χ1) is 12.3. The SMILES string of the molecule is Nc1nccnc1C(=O)OCC(=O)NCCc1ccc(S(N)(=O)=O)cc1. The van der Waals surface area contributed by atoms with Crippen LogP contribution in [0.5, 0.6) is 0 Å². The summed E-state index contributed by atoms with van der Waals surface area (Å²) >= 11 is 0. The summed E-state index contributed by atoms with van der Waals surface area (Å²) < 4.78 is 27.1. The Morgan fingerprint density at radius 3 is 2.38 bits per heavy atom. The maximum absolute atomic E-state index is 11.7. The van der Waals surface area contributed by atoms with E-state index in [2.05, 4.69) is 15.3 Å². The van der Waals surface area contributed by atoms with Gasteiger partial charge < -0.3 is 15.8 Å². The Kier molecular flexibility index (Phi) is 6.20. The van der Waals surface area contributed by atoms with E-state index in [1.165, 1.54) is 24.5 Å². The Morgan fingerprint density at radius 2 is 1.77 bits per heavy atom. The number of carbonyl (C=O) groups excluding carboxylic acids is 2. The molecule has 0 unspecified atom stereocenters. The third-order valence-corrected chi connectivity index (χ3v) is 4.17. The molecule has 0 atom stereocenters. The summed E-state index contributed by atoms with van der Waals surface area (Å²) in [6, 6.07) is 5.98. The summed E-state index contributed by atoms with van der Waals surface area (Å²) in [6.45, 7) is -0.211. The number of esters is 1. The summed E-state index contributed by atoms with van der Waals surface area (Å²) in [7, 11) is -3.73. The quantitative estimate of drug-likeness (QED) is 0.527. The minimum Gasteiger partial charge on any atom is -0.451 e. The first-order valence-corrected chi connectivity index (χ1v) is 8.94. The summed E-state index contributed by atoms with van der Waals surface area (Å²) in [5.41, 5.74) is 6.14. The molecule has 0 aliphatic heterocycles. The number of ether oxygens (including phenoxy) is 1. The van der Waals surface area contributed by atoms with Crippen molar-refractivity contribution >= 4 is 27.7 Å². The molecule has 0 bridgehead atoms. The number of nitrogen functional groups attached to an aromatic ring is 1. The van der Waals surface area contributed by atoms with Crippen LogP contribution in [0.25, 0.3) is 0 Å². The molecule has 0 aliphatic carbocycles. The van der Waals surface area contributed by atoms with Gasteiger partial charge in [-0.15, -0.1) is 0 Å². The molecule has 2 aromatic rings. The highest BCUT2D eigenvalue weighted by molar-refractivity contribution is 7.89. The van der Waals surface area contributed by atoms with E-state index in [0.29, 0.717) is 6.42 Å². The van der Waals surface area contributed by atoms with E-state index in [1.54, 1.807) is 12.1 Å². The van der Waals surface area contributed by atoms with E-state index in [0.717, 1.165) is 5.56 Å². The summed E-state index contributed by atoms with van der Waals surface area (Å²) in [5.74, 6) is -1.42. The Balaban J connectivity index is 1.75. The average Bonchev–Trinajstić information content (AvgIpc) is 2.60. The predicted molar refractivity (Wildman–Crippen MR) is 91.3 cm³/mol. The Labute approximate surface area is 149 Å². The van der Waals surface area contributed by atoms with E-state index in [1.807, 2.05) is 0 Å². The Morgan fingerprint density at radius 1 is 1.12 bits per heavy atom. The number of primary sulfonamides is 1. The lowest BCUT2D eigenvalue weighted by Gasteiger charge is -2.07. The molecular weight excluding hydrogens is 362 g/mol. The van der Waals surface area contributed by atoms with Crippen molar-refractivity contribution in [1.82, 2.24) is 15.3 Å². The van der Waals surface area contributed by atoms with Crippen LogP contribution in [-0.4, -0.2) is 43.4 Å². The standard InChI is InChI=1S/C15H17N5O5S/c16-14-13(19-7-8-20-14)15(22)25-9-12(21)18-6-5-10-1-3-11(4-2-10)26(17,23)24/h1-4,7-8H,5-6,9H2,(H2,16,20)(H,18,21)(H2,17,23,24). The van der Waals surface area contributed by atoms with E-state index in [-0.39, 0.29) is 23.0 Å². The van der Waals surface area contributed by atoms with Crippen LogP contribution in [0.15, 0.2) is 41.6 Å². The van der Waals surface area contributed by atoms with Gasteiger partial charge in [0.1, 0.15) is 0 Å². The molecule has 0 saturated heterocycles. The van der Waals surface area contributed by atoms with Crippen LogP contribution in [0.2, 0.25) is 0 Å². The van der Waals surface area contributed by atoms with Crippen molar-refractivity contribution in [3.05, 3.63) is 47.9 Å². The third-order valence-electron chi connectivity index (χ3n) is 3.24. The molecule has 11 heteroatoms. The highest BCUT2D eigenvalue weighted by Gasteiger charge is 2.15. The van der Waals surface area contributed by atoms with Crippen LogP contribution in [-0.2, 0) is 26.0 Å². The maximum atomic E-state index is 11.7. The van der Waals surface area contributed by atoms with Gasteiger partial charge in [-0.1, -0.05) is 12.1 Å². The average molecular weight is 379 g/mol. The molecule has 0 saturated carbocycles. The number of anilines is 1. The Bertz CT molecular complexity index is 899. The minimum atomic E-state index is -3.73. The second-order valence-electron chi connectivity index (χ2n) is 5.16. The molecule has 1 aromatic carbocycles. The van der Waals surface area contributed by atoms with Gasteiger partial charge in [-0.05, 0) is 24.1 Å². The van der Waals surface area contributed by atoms with Gasteiger partial charge in [0.05, 0.1) is 4.90 Å². The zero-order valence-electron chi connectivity index (χ0n) is 13.6. The molecule has 1 amide bonds. The molecule has 0 aliphatic rings. The van der Waals surface area contributed by atoms with Crippen LogP contribution in [0, 0.1) is 0 Å². The smallest absolute Gasteiger partial charge is 0.361 e. The molecule has 26 heavy (non-hydrogen) atoms. The molecule has 0 spiro atoms. The number of nitrogens with one attached hydrogen (secondary N) is 1. The number of nitrogens with two attached hydrogens (primary N) is 2. The molecule has 10 nitrogen and oxygen atoms in total. The van der Waals surface area contributed by atoms with E-state index >= 15 is 0 Å². The van der Waals surface area contributed by atoms with Gasteiger partial charge in [0.2, 0.25) is 10.0 Å². The lowest BCUT2D eigenvalue weighted by Crippen LogP contribution is -2.30. The largest absolute Gasteiger partial charge is 0.451 e. The molecule has 2 rings (SSSR count). The molecule has 5 N–H and O–H groups in total. The lowest BCUT2D eigenvalue weighted by molar-refractivity contribution is -0.124. The van der Waals surface area contributed by atoms with E-state index in [9.17, 15) is 18.0 Å². The van der Waals surface area contributed by atoms with Crippen molar-refractivity contribution in [2.45, 2.75) is 11.3 Å². The van der Waals surface area contributed by atoms with Crippen LogP contribution in [0.4, 0.5) is 5.82 Å². The monoisotopic (exact) mass is 379 g/mol. The van der Waals surface area contributed by atoms with Crippen molar-refractivity contribution in [3.63, 3.8) is 0 Å².